The lowest BCUT2D eigenvalue weighted by molar-refractivity contribution is 0.670. The number of furan rings is 1. The third-order valence-corrected chi connectivity index (χ3v) is 4.28. The van der Waals surface area contributed by atoms with Crippen molar-refractivity contribution < 1.29 is 4.42 Å². The van der Waals surface area contributed by atoms with Gasteiger partial charge in [0.15, 0.2) is 0 Å². The second-order valence-corrected chi connectivity index (χ2v) is 5.53. The van der Waals surface area contributed by atoms with E-state index in [1.807, 2.05) is 18.2 Å². The molecular weight excluding hydrogens is 270 g/mol. The number of rotatable bonds is 1. The van der Waals surface area contributed by atoms with E-state index in [2.05, 4.69) is 59.7 Å². The minimum absolute atomic E-state index is 0.935. The van der Waals surface area contributed by atoms with Crippen molar-refractivity contribution in [1.82, 2.24) is 4.98 Å². The summed E-state index contributed by atoms with van der Waals surface area (Å²) in [5.74, 6) is 0. The van der Waals surface area contributed by atoms with E-state index in [9.17, 15) is 0 Å². The lowest BCUT2D eigenvalue weighted by atomic mass is 10.0. The molecule has 2 heterocycles. The third kappa shape index (κ3) is 1.49. The number of hydrogen-bond donors (Lipinski definition) is 1. The van der Waals surface area contributed by atoms with Crippen molar-refractivity contribution in [2.75, 3.05) is 0 Å². The van der Waals surface area contributed by atoms with Crippen LogP contribution in [0.1, 0.15) is 0 Å². The van der Waals surface area contributed by atoms with Gasteiger partial charge in [-0.2, -0.15) is 0 Å². The Labute approximate surface area is 127 Å². The Morgan fingerprint density at radius 2 is 1.41 bits per heavy atom. The Morgan fingerprint density at radius 1 is 0.636 bits per heavy atom. The van der Waals surface area contributed by atoms with Crippen LogP contribution in [-0.4, -0.2) is 4.98 Å². The third-order valence-electron chi connectivity index (χ3n) is 4.28. The second kappa shape index (κ2) is 4.25. The molecule has 0 saturated carbocycles. The van der Waals surface area contributed by atoms with Crippen LogP contribution in [-0.2, 0) is 0 Å². The van der Waals surface area contributed by atoms with Crippen molar-refractivity contribution in [3.63, 3.8) is 0 Å². The van der Waals surface area contributed by atoms with Crippen LogP contribution in [0, 0.1) is 0 Å². The Balaban J connectivity index is 1.92. The average molecular weight is 283 g/mol. The van der Waals surface area contributed by atoms with E-state index in [0.29, 0.717) is 0 Å². The van der Waals surface area contributed by atoms with Crippen molar-refractivity contribution in [1.29, 1.82) is 0 Å². The highest BCUT2D eigenvalue weighted by atomic mass is 16.3. The van der Waals surface area contributed by atoms with Crippen LogP contribution < -0.4 is 0 Å². The predicted octanol–water partition coefficient (Wildman–Crippen LogP) is 5.73. The van der Waals surface area contributed by atoms with Crippen LogP contribution in [0.2, 0.25) is 0 Å². The predicted molar refractivity (Wildman–Crippen MR) is 91.0 cm³/mol. The van der Waals surface area contributed by atoms with Crippen LogP contribution in [0.15, 0.2) is 77.3 Å². The summed E-state index contributed by atoms with van der Waals surface area (Å²) in [5.41, 5.74) is 5.34. The molecule has 2 heteroatoms. The molecule has 0 aliphatic rings. The molecule has 0 unspecified atom stereocenters. The summed E-state index contributed by atoms with van der Waals surface area (Å²) in [6.45, 7) is 0. The number of benzene rings is 3. The van der Waals surface area contributed by atoms with Crippen molar-refractivity contribution in [2.45, 2.75) is 0 Å². The molecule has 0 radical (unpaired) electrons. The van der Waals surface area contributed by atoms with E-state index in [1.54, 1.807) is 0 Å². The van der Waals surface area contributed by atoms with Crippen molar-refractivity contribution in [2.24, 2.45) is 0 Å². The van der Waals surface area contributed by atoms with Crippen LogP contribution in [0.25, 0.3) is 44.0 Å². The molecule has 5 aromatic rings. The average Bonchev–Trinajstić information content (AvgIpc) is 3.16. The maximum absolute atomic E-state index is 6.14. The minimum atomic E-state index is 0.935. The first kappa shape index (κ1) is 11.6. The molecular formula is C20H13NO. The lowest BCUT2D eigenvalue weighted by Gasteiger charge is -2.01. The number of nitrogens with one attached hydrogen (secondary N) is 1. The molecule has 2 nitrogen and oxygen atoms in total. The van der Waals surface area contributed by atoms with Gasteiger partial charge in [-0.3, -0.25) is 0 Å². The quantitative estimate of drug-likeness (QED) is 0.418. The molecule has 0 amide bonds. The van der Waals surface area contributed by atoms with Crippen LogP contribution in [0.3, 0.4) is 0 Å². The van der Waals surface area contributed by atoms with Gasteiger partial charge in [-0.25, -0.2) is 0 Å². The normalized spacial score (nSPS) is 11.6. The van der Waals surface area contributed by atoms with Gasteiger partial charge in [0.2, 0.25) is 0 Å². The molecule has 0 saturated heterocycles. The molecule has 0 spiro atoms. The van der Waals surface area contributed by atoms with E-state index in [0.717, 1.165) is 22.2 Å². The zero-order chi connectivity index (χ0) is 14.5. The molecule has 5 rings (SSSR count). The summed E-state index contributed by atoms with van der Waals surface area (Å²) < 4.78 is 6.14. The highest BCUT2D eigenvalue weighted by Crippen LogP contribution is 2.38. The van der Waals surface area contributed by atoms with Gasteiger partial charge in [-0.15, -0.1) is 0 Å². The summed E-state index contributed by atoms with van der Waals surface area (Å²) in [7, 11) is 0. The number of H-pyrrole nitrogens is 1. The number of aromatic nitrogens is 1. The number of para-hydroxylation sites is 3. The first-order valence-corrected chi connectivity index (χ1v) is 7.38. The topological polar surface area (TPSA) is 28.9 Å². The van der Waals surface area contributed by atoms with Gasteiger partial charge >= 0.3 is 0 Å². The van der Waals surface area contributed by atoms with Crippen LogP contribution in [0.4, 0.5) is 0 Å². The molecule has 3 aromatic carbocycles. The fraction of sp³-hybridized carbons (Fsp3) is 0. The van der Waals surface area contributed by atoms with Gasteiger partial charge in [0.05, 0.1) is 0 Å². The summed E-state index contributed by atoms with van der Waals surface area (Å²) in [4.78, 5) is 3.34. The molecule has 22 heavy (non-hydrogen) atoms. The number of fused-ring (bicyclic) bond motifs is 4. The van der Waals surface area contributed by atoms with Gasteiger partial charge in [0.25, 0.3) is 0 Å². The van der Waals surface area contributed by atoms with Crippen molar-refractivity contribution >= 4 is 32.8 Å². The van der Waals surface area contributed by atoms with E-state index in [4.69, 9.17) is 4.42 Å². The Kier molecular flexibility index (Phi) is 2.25. The van der Waals surface area contributed by atoms with Crippen molar-refractivity contribution in [3.05, 3.63) is 72.9 Å². The smallest absolute Gasteiger partial charge is 0.143 e. The molecule has 0 aliphatic carbocycles. The van der Waals surface area contributed by atoms with Gasteiger partial charge in [0.1, 0.15) is 11.2 Å². The largest absolute Gasteiger partial charge is 0.455 e. The molecule has 1 N–H and O–H groups in total. The Bertz CT molecular complexity index is 1130. The zero-order valence-corrected chi connectivity index (χ0v) is 11.8. The highest BCUT2D eigenvalue weighted by Gasteiger charge is 2.14. The zero-order valence-electron chi connectivity index (χ0n) is 11.8. The maximum atomic E-state index is 6.14. The SMILES string of the molecule is c1ccc2c(-c3cccc4c3oc3ccccc34)c[nH]c2c1. The van der Waals surface area contributed by atoms with Crippen LogP contribution >= 0.6 is 0 Å². The molecule has 104 valence electrons. The molecule has 2 aromatic heterocycles. The molecule has 0 atom stereocenters. The molecule has 0 bridgehead atoms. The maximum Gasteiger partial charge on any atom is 0.143 e. The van der Waals surface area contributed by atoms with Gasteiger partial charge in [-0.1, -0.05) is 54.6 Å². The Hall–Kier alpha value is -3.00. The van der Waals surface area contributed by atoms with E-state index >= 15 is 0 Å². The summed E-state index contributed by atoms with van der Waals surface area (Å²) in [5, 5.41) is 3.55. The summed E-state index contributed by atoms with van der Waals surface area (Å²) in [6, 6.07) is 22.9. The van der Waals surface area contributed by atoms with Crippen molar-refractivity contribution in [3.8, 4) is 11.1 Å². The summed E-state index contributed by atoms with van der Waals surface area (Å²) in [6.07, 6.45) is 2.06. The Morgan fingerprint density at radius 3 is 2.36 bits per heavy atom. The highest BCUT2D eigenvalue weighted by molar-refractivity contribution is 6.11. The number of aromatic amines is 1. The first-order valence-electron chi connectivity index (χ1n) is 7.38. The van der Waals surface area contributed by atoms with Gasteiger partial charge in [-0.05, 0) is 12.1 Å². The standard InChI is InChI=1S/C20H13NO/c1-3-10-18-13(6-1)17(12-21-18)16-9-5-8-15-14-7-2-4-11-19(14)22-20(15)16/h1-12,21H. The molecule has 0 aliphatic heterocycles. The monoisotopic (exact) mass is 283 g/mol. The van der Waals surface area contributed by atoms with Crippen LogP contribution in [0.5, 0.6) is 0 Å². The van der Waals surface area contributed by atoms with Gasteiger partial charge in [0, 0.05) is 39.0 Å². The van der Waals surface area contributed by atoms with E-state index in [-0.39, 0.29) is 0 Å². The minimum Gasteiger partial charge on any atom is -0.455 e. The fourth-order valence-corrected chi connectivity index (χ4v) is 3.25. The van der Waals surface area contributed by atoms with E-state index in [1.165, 1.54) is 21.7 Å². The van der Waals surface area contributed by atoms with E-state index < -0.39 is 0 Å². The molecule has 0 fully saturated rings. The summed E-state index contributed by atoms with van der Waals surface area (Å²) >= 11 is 0. The second-order valence-electron chi connectivity index (χ2n) is 5.53. The lowest BCUT2D eigenvalue weighted by Crippen LogP contribution is -1.76. The van der Waals surface area contributed by atoms with Gasteiger partial charge < -0.3 is 9.40 Å². The number of hydrogen-bond acceptors (Lipinski definition) is 1. The fourth-order valence-electron chi connectivity index (χ4n) is 3.25. The first-order chi connectivity index (χ1) is 10.9.